The fraction of sp³-hybridized carbons (Fsp3) is 0. The van der Waals surface area contributed by atoms with Crippen LogP contribution in [0.4, 0.5) is 4.39 Å². The quantitative estimate of drug-likeness (QED) is 0.805. The van der Waals surface area contributed by atoms with Crippen LogP contribution in [0.2, 0.25) is 5.02 Å². The minimum atomic E-state index is -3.51. The summed E-state index contributed by atoms with van der Waals surface area (Å²) in [5, 5.41) is 0.473. The smallest absolute Gasteiger partial charge is 0.212 e. The van der Waals surface area contributed by atoms with Crippen molar-refractivity contribution in [1.82, 2.24) is 0 Å². The number of rotatable bonds is 3. The van der Waals surface area contributed by atoms with Crippen LogP contribution in [0, 0.1) is 5.82 Å². The van der Waals surface area contributed by atoms with E-state index in [-0.39, 0.29) is 4.90 Å². The molecule has 0 aliphatic rings. The Kier molecular flexibility index (Phi) is 3.94. The normalized spacial score (nSPS) is 11.4. The predicted molar refractivity (Wildman–Crippen MR) is 70.9 cm³/mol. The highest BCUT2D eigenvalue weighted by atomic mass is 35.5. The molecule has 0 spiro atoms. The second-order valence-electron chi connectivity index (χ2n) is 3.45. The first-order chi connectivity index (χ1) is 8.47. The molecule has 0 aliphatic heterocycles. The van der Waals surface area contributed by atoms with Crippen LogP contribution in [-0.2, 0) is 8.87 Å². The van der Waals surface area contributed by atoms with Gasteiger partial charge in [-0.1, -0.05) is 11.6 Å². The lowest BCUT2D eigenvalue weighted by molar-refractivity contribution is 0.610. The van der Waals surface area contributed by atoms with E-state index in [9.17, 15) is 12.8 Å². The van der Waals surface area contributed by atoms with Gasteiger partial charge in [-0.15, -0.1) is 0 Å². The summed E-state index contributed by atoms with van der Waals surface area (Å²) in [6.07, 6.45) is 0. The average Bonchev–Trinajstić information content (AvgIpc) is 2.32. The lowest BCUT2D eigenvalue weighted by atomic mass is 10.4. The Bertz CT molecular complexity index is 637. The molecule has 0 N–H and O–H groups in total. The van der Waals surface area contributed by atoms with E-state index in [4.69, 9.17) is 11.6 Å². The molecule has 2 rings (SSSR count). The summed E-state index contributed by atoms with van der Waals surface area (Å²) < 4.78 is 36.8. The van der Waals surface area contributed by atoms with Crippen molar-refractivity contribution in [2.24, 2.45) is 0 Å². The van der Waals surface area contributed by atoms with Crippen LogP contribution in [0.3, 0.4) is 0 Å². The van der Waals surface area contributed by atoms with Crippen molar-refractivity contribution < 1.29 is 12.8 Å². The lowest BCUT2D eigenvalue weighted by Crippen LogP contribution is -1.94. The van der Waals surface area contributed by atoms with Crippen LogP contribution in [0.25, 0.3) is 0 Å². The molecule has 2 aromatic rings. The summed E-state index contributed by atoms with van der Waals surface area (Å²) in [7, 11) is -2.83. The predicted octanol–water partition coefficient (Wildman–Crippen LogP) is 3.96. The largest absolute Gasteiger partial charge is 0.234 e. The molecular formula is C12H8ClFO2S2. The van der Waals surface area contributed by atoms with E-state index in [2.05, 4.69) is 0 Å². The standard InChI is InChI=1S/C12H8ClFO2S2/c13-9-1-7-12(8-2-9)18(15,16)17-11-5-3-10(14)4-6-11/h1-8H. The molecule has 2 aromatic carbocycles. The third kappa shape index (κ3) is 3.25. The fourth-order valence-corrected chi connectivity index (χ4v) is 4.17. The molecule has 0 atom stereocenters. The van der Waals surface area contributed by atoms with Crippen molar-refractivity contribution in [3.05, 3.63) is 59.4 Å². The van der Waals surface area contributed by atoms with E-state index in [1.807, 2.05) is 0 Å². The highest BCUT2D eigenvalue weighted by Gasteiger charge is 2.16. The molecule has 0 bridgehead atoms. The minimum absolute atomic E-state index is 0.168. The highest BCUT2D eigenvalue weighted by molar-refractivity contribution is 8.72. The van der Waals surface area contributed by atoms with E-state index in [1.54, 1.807) is 0 Å². The lowest BCUT2D eigenvalue weighted by Gasteiger charge is -2.03. The molecule has 6 heteroatoms. The topological polar surface area (TPSA) is 34.1 Å². The third-order valence-corrected chi connectivity index (χ3v) is 5.72. The molecule has 0 amide bonds. The molecule has 0 heterocycles. The van der Waals surface area contributed by atoms with Gasteiger partial charge in [0.2, 0.25) is 8.87 Å². The number of hydrogen-bond donors (Lipinski definition) is 0. The van der Waals surface area contributed by atoms with Gasteiger partial charge >= 0.3 is 0 Å². The van der Waals surface area contributed by atoms with Gasteiger partial charge in [0.1, 0.15) is 5.82 Å². The van der Waals surface area contributed by atoms with Gasteiger partial charge in [0.05, 0.1) is 4.90 Å². The summed E-state index contributed by atoms with van der Waals surface area (Å²) in [4.78, 5) is 0.632. The number of halogens is 2. The first-order valence-electron chi connectivity index (χ1n) is 4.93. The van der Waals surface area contributed by atoms with Crippen LogP contribution < -0.4 is 0 Å². The van der Waals surface area contributed by atoms with E-state index in [0.29, 0.717) is 20.7 Å². The summed E-state index contributed by atoms with van der Waals surface area (Å²) in [6, 6.07) is 11.2. The molecular weight excluding hydrogens is 295 g/mol. The first-order valence-corrected chi connectivity index (χ1v) is 8.12. The van der Waals surface area contributed by atoms with Gasteiger partial charge in [-0.25, -0.2) is 12.8 Å². The molecule has 0 aliphatic carbocycles. The maximum absolute atomic E-state index is 12.7. The second-order valence-corrected chi connectivity index (χ2v) is 7.72. The van der Waals surface area contributed by atoms with Gasteiger partial charge in [-0.05, 0) is 48.5 Å². The summed E-state index contributed by atoms with van der Waals surface area (Å²) in [5.41, 5.74) is 0. The van der Waals surface area contributed by atoms with Crippen LogP contribution in [-0.4, -0.2) is 8.42 Å². The van der Waals surface area contributed by atoms with Crippen LogP contribution in [0.1, 0.15) is 0 Å². The SMILES string of the molecule is O=S(=O)(Sc1ccc(F)cc1)c1ccc(Cl)cc1. The maximum Gasteiger partial charge on any atom is 0.234 e. The Morgan fingerprint density at radius 2 is 1.50 bits per heavy atom. The van der Waals surface area contributed by atoms with Crippen molar-refractivity contribution in [2.75, 3.05) is 0 Å². The Balaban J connectivity index is 2.27. The Hall–Kier alpha value is -1.04. The minimum Gasteiger partial charge on any atom is -0.212 e. The second kappa shape index (κ2) is 5.30. The van der Waals surface area contributed by atoms with Crippen molar-refractivity contribution in [3.63, 3.8) is 0 Å². The van der Waals surface area contributed by atoms with Crippen LogP contribution in [0.15, 0.2) is 58.3 Å². The van der Waals surface area contributed by atoms with Gasteiger partial charge < -0.3 is 0 Å². The fourth-order valence-electron chi connectivity index (χ4n) is 1.27. The van der Waals surface area contributed by atoms with E-state index >= 15 is 0 Å². The molecule has 2 nitrogen and oxygen atoms in total. The van der Waals surface area contributed by atoms with Gasteiger partial charge in [0.25, 0.3) is 0 Å². The van der Waals surface area contributed by atoms with Crippen molar-refractivity contribution in [2.45, 2.75) is 9.79 Å². The summed E-state index contributed by atoms with van der Waals surface area (Å²) in [5.74, 6) is -0.400. The summed E-state index contributed by atoms with van der Waals surface area (Å²) >= 11 is 5.70. The highest BCUT2D eigenvalue weighted by Crippen LogP contribution is 2.31. The monoisotopic (exact) mass is 302 g/mol. The Morgan fingerprint density at radius 1 is 0.944 bits per heavy atom. The van der Waals surface area contributed by atoms with Crippen LogP contribution >= 0.6 is 22.4 Å². The molecule has 18 heavy (non-hydrogen) atoms. The third-order valence-electron chi connectivity index (χ3n) is 2.12. The zero-order valence-corrected chi connectivity index (χ0v) is 11.4. The van der Waals surface area contributed by atoms with Gasteiger partial charge in [0.15, 0.2) is 0 Å². The Morgan fingerprint density at radius 3 is 2.06 bits per heavy atom. The zero-order valence-electron chi connectivity index (χ0n) is 9.01. The molecule has 0 fully saturated rings. The van der Waals surface area contributed by atoms with Crippen LogP contribution in [0.5, 0.6) is 0 Å². The van der Waals surface area contributed by atoms with E-state index in [1.165, 1.54) is 48.5 Å². The molecule has 0 saturated carbocycles. The van der Waals surface area contributed by atoms with Gasteiger partial charge in [-0.3, -0.25) is 0 Å². The average molecular weight is 303 g/mol. The van der Waals surface area contributed by atoms with E-state index < -0.39 is 14.7 Å². The number of hydrogen-bond acceptors (Lipinski definition) is 3. The molecule has 0 aromatic heterocycles. The first kappa shape index (κ1) is 13.4. The molecule has 94 valence electrons. The van der Waals surface area contributed by atoms with E-state index in [0.717, 1.165) is 0 Å². The molecule has 0 saturated heterocycles. The summed E-state index contributed by atoms with van der Waals surface area (Å²) in [6.45, 7) is 0. The van der Waals surface area contributed by atoms with Crippen molar-refractivity contribution >= 4 is 31.3 Å². The molecule has 0 radical (unpaired) electrons. The zero-order chi connectivity index (χ0) is 13.2. The number of benzene rings is 2. The van der Waals surface area contributed by atoms with Crippen molar-refractivity contribution in [3.8, 4) is 0 Å². The molecule has 0 unspecified atom stereocenters. The van der Waals surface area contributed by atoms with Gasteiger partial charge in [-0.2, -0.15) is 0 Å². The van der Waals surface area contributed by atoms with Gasteiger partial charge in [0, 0.05) is 20.7 Å². The maximum atomic E-state index is 12.7. The Labute approximate surface area is 113 Å². The van der Waals surface area contributed by atoms with Crippen molar-refractivity contribution in [1.29, 1.82) is 0 Å².